The van der Waals surface area contributed by atoms with E-state index in [-0.39, 0.29) is 0 Å². The molecule has 0 radical (unpaired) electrons. The lowest BCUT2D eigenvalue weighted by Gasteiger charge is -2.18. The average Bonchev–Trinajstić information content (AvgIpc) is 2.86. The summed E-state index contributed by atoms with van der Waals surface area (Å²) >= 11 is 3.86. The molecule has 2 heteroatoms. The summed E-state index contributed by atoms with van der Waals surface area (Å²) in [6.07, 6.45) is 0. The molecule has 0 fully saturated rings. The lowest BCUT2D eigenvalue weighted by atomic mass is 9.86. The van der Waals surface area contributed by atoms with Crippen LogP contribution in [0.25, 0.3) is 54.6 Å². The summed E-state index contributed by atoms with van der Waals surface area (Å²) < 4.78 is 1.12. The van der Waals surface area contributed by atoms with Crippen molar-refractivity contribution in [3.05, 3.63) is 113 Å². The maximum Gasteiger partial charge on any atom is 0.131 e. The monoisotopic (exact) mass is 488 g/mol. The zero-order chi connectivity index (χ0) is 22.5. The number of hydrogen-bond donors (Lipinski definition) is 1. The quantitative estimate of drug-likeness (QED) is 0.240. The molecule has 1 nitrogen and oxygen atoms in total. The summed E-state index contributed by atoms with van der Waals surface area (Å²) in [5.41, 5.74) is 5.47. The van der Waals surface area contributed by atoms with Gasteiger partial charge in [0.05, 0.1) is 0 Å². The zero-order valence-electron chi connectivity index (χ0n) is 18.1. The van der Waals surface area contributed by atoms with Crippen LogP contribution >= 0.6 is 15.9 Å². The minimum absolute atomic E-state index is 0.332. The van der Waals surface area contributed by atoms with Gasteiger partial charge in [0.1, 0.15) is 5.75 Å². The molecule has 0 spiro atoms. The summed E-state index contributed by atoms with van der Waals surface area (Å²) in [7, 11) is 0. The molecule has 0 aliphatic heterocycles. The minimum Gasteiger partial charge on any atom is -0.507 e. The van der Waals surface area contributed by atoms with Crippen molar-refractivity contribution >= 4 is 48.2 Å². The molecule has 158 valence electrons. The first-order valence-electron chi connectivity index (χ1n) is 11.0. The van der Waals surface area contributed by atoms with Crippen molar-refractivity contribution in [1.82, 2.24) is 0 Å². The molecule has 0 aromatic heterocycles. The van der Waals surface area contributed by atoms with Crippen LogP contribution in [0.2, 0.25) is 0 Å². The third kappa shape index (κ3) is 3.06. The third-order valence-electron chi connectivity index (χ3n) is 6.66. The molecule has 6 aromatic carbocycles. The van der Waals surface area contributed by atoms with E-state index in [0.29, 0.717) is 5.75 Å². The second kappa shape index (κ2) is 7.75. The van der Waals surface area contributed by atoms with Crippen molar-refractivity contribution in [2.24, 2.45) is 0 Å². The fourth-order valence-corrected chi connectivity index (χ4v) is 5.73. The molecular formula is C31H21BrO. The number of halogens is 1. The second-order valence-corrected chi connectivity index (χ2v) is 9.23. The van der Waals surface area contributed by atoms with Crippen LogP contribution in [0.5, 0.6) is 5.75 Å². The Morgan fingerprint density at radius 2 is 1.06 bits per heavy atom. The largest absolute Gasteiger partial charge is 0.507 e. The van der Waals surface area contributed by atoms with Crippen molar-refractivity contribution < 1.29 is 5.11 Å². The van der Waals surface area contributed by atoms with Crippen molar-refractivity contribution in [3.63, 3.8) is 0 Å². The highest BCUT2D eigenvalue weighted by atomic mass is 79.9. The van der Waals surface area contributed by atoms with Crippen LogP contribution in [0, 0.1) is 6.92 Å². The van der Waals surface area contributed by atoms with Gasteiger partial charge in [0.15, 0.2) is 0 Å². The van der Waals surface area contributed by atoms with Gasteiger partial charge in [-0.15, -0.1) is 0 Å². The molecule has 0 aliphatic carbocycles. The van der Waals surface area contributed by atoms with E-state index in [1.54, 1.807) is 0 Å². The summed E-state index contributed by atoms with van der Waals surface area (Å²) in [4.78, 5) is 0. The molecule has 0 saturated heterocycles. The first-order valence-corrected chi connectivity index (χ1v) is 11.8. The Balaban J connectivity index is 1.69. The van der Waals surface area contributed by atoms with Gasteiger partial charge in [0.25, 0.3) is 0 Å². The molecule has 0 saturated carbocycles. The molecule has 6 rings (SSSR count). The summed E-state index contributed by atoms with van der Waals surface area (Å²) in [5, 5.41) is 17.9. The summed E-state index contributed by atoms with van der Waals surface area (Å²) in [6.45, 7) is 2.16. The highest BCUT2D eigenvalue weighted by Gasteiger charge is 2.18. The first-order chi connectivity index (χ1) is 16.1. The Morgan fingerprint density at radius 1 is 0.515 bits per heavy atom. The topological polar surface area (TPSA) is 20.2 Å². The number of aromatic hydroxyl groups is 1. The van der Waals surface area contributed by atoms with E-state index in [1.165, 1.54) is 32.7 Å². The number of phenolic OH excluding ortho intramolecular Hbond substituents is 1. The van der Waals surface area contributed by atoms with Crippen LogP contribution in [-0.2, 0) is 0 Å². The van der Waals surface area contributed by atoms with E-state index in [0.717, 1.165) is 31.9 Å². The first kappa shape index (κ1) is 20.0. The highest BCUT2D eigenvalue weighted by molar-refractivity contribution is 9.10. The lowest BCUT2D eigenvalue weighted by Crippen LogP contribution is -1.93. The smallest absolute Gasteiger partial charge is 0.131 e. The predicted octanol–water partition coefficient (Wildman–Crippen LogP) is 9.26. The normalized spacial score (nSPS) is 11.5. The maximum absolute atomic E-state index is 11.2. The molecule has 1 N–H and O–H groups in total. The molecule has 0 aliphatic rings. The standard InChI is InChI=1S/C31H21BrO/c1-19-21(28-18-17-20-9-2-3-10-23(20)31(28)33)15-8-16-22(19)29-24-11-4-6-13-26(24)30(32)27-14-7-5-12-25(27)29/h2-18,33H,1H3. The van der Waals surface area contributed by atoms with Gasteiger partial charge < -0.3 is 5.11 Å². The van der Waals surface area contributed by atoms with Gasteiger partial charge >= 0.3 is 0 Å². The molecular weight excluding hydrogens is 468 g/mol. The van der Waals surface area contributed by atoms with Crippen LogP contribution in [0.1, 0.15) is 5.56 Å². The SMILES string of the molecule is Cc1c(-c2ccc3ccccc3c2O)cccc1-c1c2ccccc2c(Br)c2ccccc12. The predicted molar refractivity (Wildman–Crippen MR) is 144 cm³/mol. The highest BCUT2D eigenvalue weighted by Crippen LogP contribution is 2.45. The number of hydrogen-bond acceptors (Lipinski definition) is 1. The Labute approximate surface area is 201 Å². The Hall–Kier alpha value is -3.62. The zero-order valence-corrected chi connectivity index (χ0v) is 19.7. The van der Waals surface area contributed by atoms with Gasteiger partial charge in [-0.1, -0.05) is 103 Å². The number of rotatable bonds is 2. The van der Waals surface area contributed by atoms with E-state index in [2.05, 4.69) is 95.7 Å². The van der Waals surface area contributed by atoms with Crippen molar-refractivity contribution in [2.45, 2.75) is 6.92 Å². The molecule has 0 bridgehead atoms. The van der Waals surface area contributed by atoms with Crippen LogP contribution in [0.15, 0.2) is 108 Å². The Morgan fingerprint density at radius 3 is 1.73 bits per heavy atom. The number of phenols is 1. The van der Waals surface area contributed by atoms with E-state index < -0.39 is 0 Å². The number of fused-ring (bicyclic) bond motifs is 3. The third-order valence-corrected chi connectivity index (χ3v) is 7.51. The molecule has 0 atom stereocenters. The fraction of sp³-hybridized carbons (Fsp3) is 0.0323. The fourth-order valence-electron chi connectivity index (χ4n) is 5.04. The van der Waals surface area contributed by atoms with E-state index in [1.807, 2.05) is 30.3 Å². The van der Waals surface area contributed by atoms with Gasteiger partial charge in [-0.2, -0.15) is 0 Å². The van der Waals surface area contributed by atoms with Crippen LogP contribution in [-0.4, -0.2) is 5.11 Å². The molecule has 33 heavy (non-hydrogen) atoms. The minimum atomic E-state index is 0.332. The van der Waals surface area contributed by atoms with Crippen molar-refractivity contribution in [3.8, 4) is 28.0 Å². The Bertz CT molecular complexity index is 1640. The van der Waals surface area contributed by atoms with Crippen LogP contribution in [0.4, 0.5) is 0 Å². The molecule has 0 heterocycles. The van der Waals surface area contributed by atoms with E-state index in [4.69, 9.17) is 0 Å². The maximum atomic E-state index is 11.2. The van der Waals surface area contributed by atoms with Gasteiger partial charge in [-0.05, 0) is 72.0 Å². The van der Waals surface area contributed by atoms with Crippen molar-refractivity contribution in [1.29, 1.82) is 0 Å². The lowest BCUT2D eigenvalue weighted by molar-refractivity contribution is 0.483. The van der Waals surface area contributed by atoms with E-state index in [9.17, 15) is 5.11 Å². The second-order valence-electron chi connectivity index (χ2n) is 8.44. The summed E-state index contributed by atoms with van der Waals surface area (Å²) in [5.74, 6) is 0.332. The van der Waals surface area contributed by atoms with Gasteiger partial charge in [0.2, 0.25) is 0 Å². The molecule has 6 aromatic rings. The van der Waals surface area contributed by atoms with Gasteiger partial charge in [-0.25, -0.2) is 0 Å². The Kier molecular flexibility index (Phi) is 4.70. The molecule has 0 amide bonds. The average molecular weight is 489 g/mol. The summed E-state index contributed by atoms with van der Waals surface area (Å²) in [6, 6.07) is 35.6. The van der Waals surface area contributed by atoms with Gasteiger partial charge in [0, 0.05) is 15.4 Å². The van der Waals surface area contributed by atoms with Crippen LogP contribution < -0.4 is 0 Å². The van der Waals surface area contributed by atoms with Gasteiger partial charge in [-0.3, -0.25) is 0 Å². The van der Waals surface area contributed by atoms with Crippen molar-refractivity contribution in [2.75, 3.05) is 0 Å². The number of benzene rings is 6. The molecule has 0 unspecified atom stereocenters. The van der Waals surface area contributed by atoms with Crippen LogP contribution in [0.3, 0.4) is 0 Å². The van der Waals surface area contributed by atoms with E-state index >= 15 is 0 Å².